The van der Waals surface area contributed by atoms with E-state index in [2.05, 4.69) is 11.2 Å². The number of hydrogen-bond donors (Lipinski definition) is 0. The fourth-order valence-corrected chi connectivity index (χ4v) is 4.65. The first kappa shape index (κ1) is 20.5. The van der Waals surface area contributed by atoms with E-state index in [1.54, 1.807) is 0 Å². The number of aromatic nitrogens is 2. The Bertz CT molecular complexity index is 1130. The standard InChI is InChI=1S/C27H27N3O2/c31-27(26(22-8-3-1-4-9-22)23-10-5-2-6-11-23)29-16-17-32-20-21(19-29)18-24-12-7-15-30-25(24)13-14-28-30/h1-15,21,26H,16-20H2. The molecule has 162 valence electrons. The fourth-order valence-electron chi connectivity index (χ4n) is 4.65. The highest BCUT2D eigenvalue weighted by Gasteiger charge is 2.30. The van der Waals surface area contributed by atoms with Gasteiger partial charge >= 0.3 is 0 Å². The molecule has 0 N–H and O–H groups in total. The Kier molecular flexibility index (Phi) is 5.99. The first-order valence-corrected chi connectivity index (χ1v) is 11.2. The zero-order valence-corrected chi connectivity index (χ0v) is 18.0. The van der Waals surface area contributed by atoms with Crippen molar-refractivity contribution in [2.75, 3.05) is 26.3 Å². The van der Waals surface area contributed by atoms with Gasteiger partial charge in [-0.25, -0.2) is 4.52 Å². The second-order valence-electron chi connectivity index (χ2n) is 8.38. The van der Waals surface area contributed by atoms with Gasteiger partial charge in [0.05, 0.1) is 24.6 Å². The third kappa shape index (κ3) is 4.30. The molecule has 5 rings (SSSR count). The van der Waals surface area contributed by atoms with Crippen LogP contribution in [0.5, 0.6) is 0 Å². The molecule has 5 nitrogen and oxygen atoms in total. The summed E-state index contributed by atoms with van der Waals surface area (Å²) < 4.78 is 7.83. The molecule has 1 atom stereocenters. The van der Waals surface area contributed by atoms with Gasteiger partial charge in [0.15, 0.2) is 0 Å². The molecule has 1 aliphatic rings. The molecule has 1 amide bonds. The van der Waals surface area contributed by atoms with Crippen LogP contribution in [0.15, 0.2) is 91.3 Å². The summed E-state index contributed by atoms with van der Waals surface area (Å²) in [6.07, 6.45) is 4.63. The van der Waals surface area contributed by atoms with Crippen molar-refractivity contribution in [3.05, 3.63) is 108 Å². The quantitative estimate of drug-likeness (QED) is 0.482. The molecule has 0 saturated carbocycles. The molecule has 0 radical (unpaired) electrons. The van der Waals surface area contributed by atoms with Crippen molar-refractivity contribution in [2.24, 2.45) is 5.92 Å². The Morgan fingerprint density at radius 1 is 0.969 bits per heavy atom. The van der Waals surface area contributed by atoms with Crippen molar-refractivity contribution in [2.45, 2.75) is 12.3 Å². The van der Waals surface area contributed by atoms with Crippen LogP contribution in [-0.2, 0) is 16.0 Å². The number of rotatable bonds is 5. The Hall–Kier alpha value is -3.44. The number of carbonyl (C=O) groups is 1. The van der Waals surface area contributed by atoms with Crippen molar-refractivity contribution in [3.63, 3.8) is 0 Å². The van der Waals surface area contributed by atoms with Crippen LogP contribution in [0.2, 0.25) is 0 Å². The molecule has 2 aromatic carbocycles. The molecule has 0 aliphatic carbocycles. The highest BCUT2D eigenvalue weighted by molar-refractivity contribution is 5.87. The Morgan fingerprint density at radius 2 is 1.69 bits per heavy atom. The number of fused-ring (bicyclic) bond motifs is 1. The van der Waals surface area contributed by atoms with E-state index in [0.717, 1.165) is 23.1 Å². The van der Waals surface area contributed by atoms with Crippen LogP contribution in [0, 0.1) is 5.92 Å². The van der Waals surface area contributed by atoms with Crippen LogP contribution in [0.4, 0.5) is 0 Å². The number of amides is 1. The van der Waals surface area contributed by atoms with E-state index in [1.165, 1.54) is 5.56 Å². The van der Waals surface area contributed by atoms with E-state index in [-0.39, 0.29) is 17.7 Å². The molecular weight excluding hydrogens is 398 g/mol. The first-order valence-electron chi connectivity index (χ1n) is 11.2. The average Bonchev–Trinajstić information content (AvgIpc) is 3.20. The highest BCUT2D eigenvalue weighted by Crippen LogP contribution is 2.28. The monoisotopic (exact) mass is 425 g/mol. The van der Waals surface area contributed by atoms with Gasteiger partial charge in [0.2, 0.25) is 5.91 Å². The third-order valence-electron chi connectivity index (χ3n) is 6.19. The maximum Gasteiger partial charge on any atom is 0.234 e. The Labute approximate surface area is 188 Å². The van der Waals surface area contributed by atoms with Crippen LogP contribution in [0.25, 0.3) is 5.52 Å². The summed E-state index contributed by atoms with van der Waals surface area (Å²) in [6, 6.07) is 26.4. The summed E-state index contributed by atoms with van der Waals surface area (Å²) in [6.45, 7) is 2.52. The lowest BCUT2D eigenvalue weighted by Gasteiger charge is -2.28. The largest absolute Gasteiger partial charge is 0.379 e. The lowest BCUT2D eigenvalue weighted by Crippen LogP contribution is -2.39. The number of carbonyl (C=O) groups excluding carboxylic acids is 1. The van der Waals surface area contributed by atoms with E-state index in [9.17, 15) is 4.79 Å². The summed E-state index contributed by atoms with van der Waals surface area (Å²) in [5.41, 5.74) is 4.39. The van der Waals surface area contributed by atoms with E-state index in [0.29, 0.717) is 26.3 Å². The zero-order valence-electron chi connectivity index (χ0n) is 18.0. The van der Waals surface area contributed by atoms with Crippen LogP contribution in [-0.4, -0.2) is 46.7 Å². The van der Waals surface area contributed by atoms with Gasteiger partial charge in [-0.1, -0.05) is 66.7 Å². The van der Waals surface area contributed by atoms with Crippen molar-refractivity contribution in [1.29, 1.82) is 0 Å². The van der Waals surface area contributed by atoms with Gasteiger partial charge in [0, 0.05) is 31.4 Å². The summed E-state index contributed by atoms with van der Waals surface area (Å²) in [5, 5.41) is 4.35. The fraction of sp³-hybridized carbons (Fsp3) is 0.259. The van der Waals surface area contributed by atoms with Crippen molar-refractivity contribution in [1.82, 2.24) is 14.5 Å². The lowest BCUT2D eigenvalue weighted by atomic mass is 9.89. The van der Waals surface area contributed by atoms with Gasteiger partial charge in [0.25, 0.3) is 0 Å². The maximum absolute atomic E-state index is 13.9. The van der Waals surface area contributed by atoms with Gasteiger partial charge < -0.3 is 9.64 Å². The molecule has 0 spiro atoms. The molecule has 32 heavy (non-hydrogen) atoms. The Balaban J connectivity index is 1.40. The normalized spacial score (nSPS) is 16.9. The summed E-state index contributed by atoms with van der Waals surface area (Å²) >= 11 is 0. The topological polar surface area (TPSA) is 46.8 Å². The predicted octanol–water partition coefficient (Wildman–Crippen LogP) is 4.18. The number of nitrogens with zero attached hydrogens (tertiary/aromatic N) is 3. The van der Waals surface area contributed by atoms with E-state index >= 15 is 0 Å². The third-order valence-corrected chi connectivity index (χ3v) is 6.19. The molecular formula is C27H27N3O2. The van der Waals surface area contributed by atoms with Gasteiger partial charge in [-0.3, -0.25) is 4.79 Å². The van der Waals surface area contributed by atoms with Crippen LogP contribution in [0.1, 0.15) is 22.6 Å². The molecule has 1 saturated heterocycles. The zero-order chi connectivity index (χ0) is 21.8. The van der Waals surface area contributed by atoms with E-state index < -0.39 is 0 Å². The van der Waals surface area contributed by atoms with Gasteiger partial charge in [-0.2, -0.15) is 5.10 Å². The van der Waals surface area contributed by atoms with Crippen LogP contribution >= 0.6 is 0 Å². The minimum absolute atomic E-state index is 0.139. The highest BCUT2D eigenvalue weighted by atomic mass is 16.5. The maximum atomic E-state index is 13.9. The van der Waals surface area contributed by atoms with Crippen molar-refractivity contribution < 1.29 is 9.53 Å². The minimum Gasteiger partial charge on any atom is -0.379 e. The second-order valence-corrected chi connectivity index (χ2v) is 8.38. The molecule has 0 bridgehead atoms. The van der Waals surface area contributed by atoms with Gasteiger partial charge in [-0.05, 0) is 35.2 Å². The average molecular weight is 426 g/mol. The predicted molar refractivity (Wildman–Crippen MR) is 125 cm³/mol. The summed E-state index contributed by atoms with van der Waals surface area (Å²) in [7, 11) is 0. The molecule has 1 fully saturated rings. The summed E-state index contributed by atoms with van der Waals surface area (Å²) in [4.78, 5) is 15.9. The van der Waals surface area contributed by atoms with E-state index in [4.69, 9.17) is 4.74 Å². The number of ether oxygens (including phenoxy) is 1. The Morgan fingerprint density at radius 3 is 2.41 bits per heavy atom. The minimum atomic E-state index is -0.311. The number of benzene rings is 2. The van der Waals surface area contributed by atoms with E-state index in [1.807, 2.05) is 94.6 Å². The lowest BCUT2D eigenvalue weighted by molar-refractivity contribution is -0.132. The van der Waals surface area contributed by atoms with Crippen molar-refractivity contribution in [3.8, 4) is 0 Å². The number of hydrogen-bond acceptors (Lipinski definition) is 3. The smallest absolute Gasteiger partial charge is 0.234 e. The molecule has 3 heterocycles. The van der Waals surface area contributed by atoms with Crippen molar-refractivity contribution >= 4 is 11.4 Å². The number of pyridine rings is 1. The van der Waals surface area contributed by atoms with Crippen LogP contribution in [0.3, 0.4) is 0 Å². The molecule has 2 aromatic heterocycles. The summed E-state index contributed by atoms with van der Waals surface area (Å²) in [5.74, 6) is 0.0598. The SMILES string of the molecule is O=C(C(c1ccccc1)c1ccccc1)N1CCOCC(Cc2cccn3nccc23)C1. The molecule has 1 aliphatic heterocycles. The molecule has 4 aromatic rings. The van der Waals surface area contributed by atoms with Crippen LogP contribution < -0.4 is 0 Å². The van der Waals surface area contributed by atoms with Gasteiger partial charge in [-0.15, -0.1) is 0 Å². The van der Waals surface area contributed by atoms with Gasteiger partial charge in [0.1, 0.15) is 0 Å². The first-order chi connectivity index (χ1) is 15.8. The molecule has 5 heteroatoms. The molecule has 1 unspecified atom stereocenters. The second kappa shape index (κ2) is 9.37.